The molecule has 6 nitrogen and oxygen atoms in total. The van der Waals surface area contributed by atoms with E-state index in [1.807, 2.05) is 51.1 Å². The van der Waals surface area contributed by atoms with Crippen molar-refractivity contribution in [3.63, 3.8) is 0 Å². The Kier molecular flexibility index (Phi) is 7.71. The summed E-state index contributed by atoms with van der Waals surface area (Å²) in [7, 11) is 2.95. The molecule has 0 radical (unpaired) electrons. The quantitative estimate of drug-likeness (QED) is 0.545. The van der Waals surface area contributed by atoms with Crippen molar-refractivity contribution in [3.8, 4) is 0 Å². The van der Waals surface area contributed by atoms with Gasteiger partial charge in [-0.1, -0.05) is 53.3 Å². The molecule has 0 aliphatic rings. The van der Waals surface area contributed by atoms with Crippen LogP contribution >= 0.6 is 0 Å². The average Bonchev–Trinajstić information content (AvgIpc) is 2.72. The lowest BCUT2D eigenvalue weighted by molar-refractivity contribution is -0.114. The molecule has 0 unspecified atom stereocenters. The van der Waals surface area contributed by atoms with E-state index in [2.05, 4.69) is 28.3 Å². The fourth-order valence-electron chi connectivity index (χ4n) is 2.92. The number of likely N-dealkylation sites (N-methyl/N-ethyl adjacent to an activating group) is 1. The number of nitrogens with one attached hydrogen (secondary N) is 1. The summed E-state index contributed by atoms with van der Waals surface area (Å²) in [6.45, 7) is 9.88. The van der Waals surface area contributed by atoms with Crippen molar-refractivity contribution in [2.45, 2.75) is 27.4 Å². The summed E-state index contributed by atoms with van der Waals surface area (Å²) in [5.74, 6) is -0.338. The number of benzene rings is 2. The highest BCUT2D eigenvalue weighted by Crippen LogP contribution is 2.18. The summed E-state index contributed by atoms with van der Waals surface area (Å²) in [6.07, 6.45) is 1.81. The molecule has 0 aromatic heterocycles. The lowest BCUT2D eigenvalue weighted by Crippen LogP contribution is -2.29. The number of carbonyl (C=O) groups is 1. The van der Waals surface area contributed by atoms with Gasteiger partial charge in [0.1, 0.15) is 13.7 Å². The zero-order valence-electron chi connectivity index (χ0n) is 17.6. The van der Waals surface area contributed by atoms with E-state index in [4.69, 9.17) is 9.68 Å². The van der Waals surface area contributed by atoms with Gasteiger partial charge in [-0.15, -0.1) is 0 Å². The summed E-state index contributed by atoms with van der Waals surface area (Å²) in [5.41, 5.74) is 6.49. The summed E-state index contributed by atoms with van der Waals surface area (Å²) in [5, 5.41) is 10.7. The van der Waals surface area contributed by atoms with Gasteiger partial charge in [0.2, 0.25) is 0 Å². The molecular weight excluding hydrogens is 366 g/mol. The molecule has 0 spiro atoms. The summed E-state index contributed by atoms with van der Waals surface area (Å²) >= 11 is 0. The lowest BCUT2D eigenvalue weighted by Gasteiger charge is -2.13. The van der Waals surface area contributed by atoms with Gasteiger partial charge in [-0.05, 0) is 49.1 Å². The molecule has 0 aliphatic carbocycles. The molecule has 0 aliphatic heterocycles. The number of oxime groups is 2. The second-order valence-corrected chi connectivity index (χ2v) is 6.59. The van der Waals surface area contributed by atoms with E-state index in [0.29, 0.717) is 5.56 Å². The van der Waals surface area contributed by atoms with Crippen LogP contribution in [0.4, 0.5) is 0 Å². The standard InChI is InChI=1S/C23H27N3O3/c1-7-18-11-15(2)12-19(13-18)17(4)25-29-14-21-16(3)9-8-10-20(21)22(26-28-6)23(27)24-5/h7-13H,1,14H2,2-6H3,(H,24,27)/b25-17+,26-22+. The Morgan fingerprint density at radius 2 is 1.97 bits per heavy atom. The maximum Gasteiger partial charge on any atom is 0.273 e. The molecule has 2 rings (SSSR count). The molecule has 0 atom stereocenters. The first-order valence-corrected chi connectivity index (χ1v) is 9.24. The molecule has 0 saturated carbocycles. The second kappa shape index (κ2) is 10.2. The number of amides is 1. The van der Waals surface area contributed by atoms with E-state index >= 15 is 0 Å². The third-order valence-electron chi connectivity index (χ3n) is 4.45. The van der Waals surface area contributed by atoms with E-state index in [9.17, 15) is 4.79 Å². The normalized spacial score (nSPS) is 11.8. The molecule has 0 heterocycles. The third-order valence-corrected chi connectivity index (χ3v) is 4.45. The van der Waals surface area contributed by atoms with Crippen LogP contribution in [0.1, 0.15) is 40.3 Å². The van der Waals surface area contributed by atoms with Gasteiger partial charge < -0.3 is 15.0 Å². The first-order valence-electron chi connectivity index (χ1n) is 9.24. The molecule has 0 bridgehead atoms. The maximum absolute atomic E-state index is 12.2. The smallest absolute Gasteiger partial charge is 0.273 e. The first kappa shape index (κ1) is 21.9. The Labute approximate surface area is 171 Å². The van der Waals surface area contributed by atoms with Crippen LogP contribution in [0.25, 0.3) is 6.08 Å². The number of rotatable bonds is 8. The van der Waals surface area contributed by atoms with Gasteiger partial charge in [-0.2, -0.15) is 0 Å². The SMILES string of the molecule is C=Cc1cc(C)cc(/C(C)=N/OCc2c(C)cccc2/C(=N\OC)C(=O)NC)c1. The molecule has 6 heteroatoms. The van der Waals surface area contributed by atoms with Crippen molar-refractivity contribution in [2.24, 2.45) is 10.3 Å². The Morgan fingerprint density at radius 1 is 1.21 bits per heavy atom. The van der Waals surface area contributed by atoms with E-state index in [-0.39, 0.29) is 18.2 Å². The van der Waals surface area contributed by atoms with Gasteiger partial charge in [-0.3, -0.25) is 4.79 Å². The lowest BCUT2D eigenvalue weighted by atomic mass is 9.98. The monoisotopic (exact) mass is 393 g/mol. The molecule has 152 valence electrons. The topological polar surface area (TPSA) is 72.3 Å². The Hall–Kier alpha value is -3.41. The molecule has 0 fully saturated rings. The Morgan fingerprint density at radius 3 is 2.62 bits per heavy atom. The van der Waals surface area contributed by atoms with Crippen LogP contribution in [-0.4, -0.2) is 31.5 Å². The predicted molar refractivity (Wildman–Crippen MR) is 117 cm³/mol. The minimum absolute atomic E-state index is 0.187. The minimum atomic E-state index is -0.338. The van der Waals surface area contributed by atoms with Crippen molar-refractivity contribution in [1.29, 1.82) is 0 Å². The fraction of sp³-hybridized carbons (Fsp3) is 0.261. The van der Waals surface area contributed by atoms with Crippen LogP contribution < -0.4 is 5.32 Å². The third kappa shape index (κ3) is 5.54. The number of hydrogen-bond donors (Lipinski definition) is 1. The highest BCUT2D eigenvalue weighted by molar-refractivity contribution is 6.45. The number of hydrogen-bond acceptors (Lipinski definition) is 5. The van der Waals surface area contributed by atoms with Gasteiger partial charge in [0, 0.05) is 18.2 Å². The van der Waals surface area contributed by atoms with Crippen molar-refractivity contribution in [2.75, 3.05) is 14.2 Å². The van der Waals surface area contributed by atoms with Crippen LogP contribution in [0.15, 0.2) is 53.3 Å². The Balaban J connectivity index is 2.30. The van der Waals surface area contributed by atoms with E-state index in [1.165, 1.54) is 7.11 Å². The van der Waals surface area contributed by atoms with Crippen molar-refractivity contribution in [1.82, 2.24) is 5.32 Å². The van der Waals surface area contributed by atoms with Gasteiger partial charge >= 0.3 is 0 Å². The summed E-state index contributed by atoms with van der Waals surface area (Å²) < 4.78 is 0. The van der Waals surface area contributed by atoms with E-state index < -0.39 is 0 Å². The number of nitrogens with zero attached hydrogens (tertiary/aromatic N) is 2. The van der Waals surface area contributed by atoms with Crippen LogP contribution in [0.3, 0.4) is 0 Å². The molecule has 1 amide bonds. The molecule has 2 aromatic rings. The zero-order valence-corrected chi connectivity index (χ0v) is 17.6. The number of carbonyl (C=O) groups excluding carboxylic acids is 1. The summed E-state index contributed by atoms with van der Waals surface area (Å²) in [4.78, 5) is 22.7. The average molecular weight is 393 g/mol. The minimum Gasteiger partial charge on any atom is -0.398 e. The fourth-order valence-corrected chi connectivity index (χ4v) is 2.92. The van der Waals surface area contributed by atoms with E-state index in [1.54, 1.807) is 13.1 Å². The molecule has 2 aromatic carbocycles. The molecule has 29 heavy (non-hydrogen) atoms. The van der Waals surface area contributed by atoms with Gasteiger partial charge in [0.15, 0.2) is 5.71 Å². The summed E-state index contributed by atoms with van der Waals surface area (Å²) in [6, 6.07) is 11.7. The van der Waals surface area contributed by atoms with Crippen LogP contribution in [0.2, 0.25) is 0 Å². The highest BCUT2D eigenvalue weighted by atomic mass is 16.6. The molecule has 1 N–H and O–H groups in total. The maximum atomic E-state index is 12.2. The largest absolute Gasteiger partial charge is 0.398 e. The molecule has 0 saturated heterocycles. The van der Waals surface area contributed by atoms with Crippen molar-refractivity contribution >= 4 is 23.4 Å². The van der Waals surface area contributed by atoms with Gasteiger partial charge in [0.25, 0.3) is 5.91 Å². The predicted octanol–water partition coefficient (Wildman–Crippen LogP) is 3.98. The van der Waals surface area contributed by atoms with Gasteiger partial charge in [0.05, 0.1) is 5.71 Å². The zero-order chi connectivity index (χ0) is 21.4. The first-order chi connectivity index (χ1) is 13.9. The second-order valence-electron chi connectivity index (χ2n) is 6.59. The van der Waals surface area contributed by atoms with Crippen LogP contribution in [0.5, 0.6) is 0 Å². The molecular formula is C23H27N3O3. The van der Waals surface area contributed by atoms with E-state index in [0.717, 1.165) is 33.5 Å². The van der Waals surface area contributed by atoms with Crippen LogP contribution in [-0.2, 0) is 21.1 Å². The highest BCUT2D eigenvalue weighted by Gasteiger charge is 2.19. The van der Waals surface area contributed by atoms with Crippen molar-refractivity contribution < 1.29 is 14.5 Å². The Bertz CT molecular complexity index is 962. The van der Waals surface area contributed by atoms with Gasteiger partial charge in [-0.25, -0.2) is 0 Å². The number of aryl methyl sites for hydroxylation is 2. The van der Waals surface area contributed by atoms with Crippen LogP contribution in [0, 0.1) is 13.8 Å². The van der Waals surface area contributed by atoms with Crippen molar-refractivity contribution in [3.05, 3.63) is 76.4 Å².